The van der Waals surface area contributed by atoms with E-state index in [9.17, 15) is 10.1 Å². The number of nitriles is 1. The van der Waals surface area contributed by atoms with E-state index in [-0.39, 0.29) is 0 Å². The first-order valence-electron chi connectivity index (χ1n) is 11.4. The van der Waals surface area contributed by atoms with Crippen molar-refractivity contribution in [3.8, 4) is 23.1 Å². The summed E-state index contributed by atoms with van der Waals surface area (Å²) in [6, 6.07) is 16.2. The summed E-state index contributed by atoms with van der Waals surface area (Å²) in [7, 11) is 1.65. The van der Waals surface area contributed by atoms with Crippen LogP contribution in [0.15, 0.2) is 42.5 Å². The molecule has 1 amide bonds. The van der Waals surface area contributed by atoms with Crippen LogP contribution in [0.1, 0.15) is 44.2 Å². The highest BCUT2D eigenvalue weighted by Gasteiger charge is 2.28. The van der Waals surface area contributed by atoms with Crippen molar-refractivity contribution in [2.75, 3.05) is 32.2 Å². The fourth-order valence-corrected chi connectivity index (χ4v) is 4.10. The van der Waals surface area contributed by atoms with Gasteiger partial charge in [0.1, 0.15) is 18.4 Å². The van der Waals surface area contributed by atoms with E-state index in [1.807, 2.05) is 49.4 Å². The molecule has 0 aliphatic heterocycles. The first-order valence-corrected chi connectivity index (χ1v) is 11.4. The number of benzene rings is 2. The van der Waals surface area contributed by atoms with Crippen LogP contribution in [0, 0.1) is 11.3 Å². The van der Waals surface area contributed by atoms with Crippen LogP contribution in [0.4, 0.5) is 10.5 Å². The van der Waals surface area contributed by atoms with Gasteiger partial charge in [-0.1, -0.05) is 19.1 Å². The minimum absolute atomic E-state index is 0.348. The number of rotatable bonds is 9. The quantitative estimate of drug-likeness (QED) is 0.414. The number of fused-ring (bicyclic) bond motifs is 1. The zero-order chi connectivity index (χ0) is 23.2. The van der Waals surface area contributed by atoms with Gasteiger partial charge in [0.25, 0.3) is 0 Å². The monoisotopic (exact) mass is 447 g/mol. The Morgan fingerprint density at radius 2 is 1.94 bits per heavy atom. The lowest BCUT2D eigenvalue weighted by Gasteiger charge is -2.30. The normalized spacial score (nSPS) is 13.4. The second-order valence-corrected chi connectivity index (χ2v) is 8.15. The zero-order valence-corrected chi connectivity index (χ0v) is 19.1. The number of methoxy groups -OCH3 is 1. The number of hydrogen-bond donors (Lipinski definition) is 1. The van der Waals surface area contributed by atoms with Crippen molar-refractivity contribution in [3.05, 3.63) is 48.0 Å². The largest absolute Gasteiger partial charge is 0.491 e. The Balaban J connectivity index is 1.71. The van der Waals surface area contributed by atoms with E-state index in [0.717, 1.165) is 47.2 Å². The van der Waals surface area contributed by atoms with Crippen LogP contribution < -0.4 is 10.1 Å². The molecule has 1 heterocycles. The van der Waals surface area contributed by atoms with Crippen molar-refractivity contribution in [2.24, 2.45) is 0 Å². The predicted octanol–water partition coefficient (Wildman–Crippen LogP) is 5.89. The highest BCUT2D eigenvalue weighted by atomic mass is 16.5. The Kier molecular flexibility index (Phi) is 7.16. The summed E-state index contributed by atoms with van der Waals surface area (Å²) in [5.41, 5.74) is 4.16. The molecule has 0 unspecified atom stereocenters. The molecule has 172 valence electrons. The maximum absolute atomic E-state index is 11.9. The van der Waals surface area contributed by atoms with Gasteiger partial charge in [0.2, 0.25) is 0 Å². The number of carbonyl (C=O) groups is 1. The summed E-state index contributed by atoms with van der Waals surface area (Å²) in [5, 5.41) is 13.7. The maximum Gasteiger partial charge on any atom is 0.411 e. The first-order chi connectivity index (χ1) is 16.2. The Morgan fingerprint density at radius 1 is 1.15 bits per heavy atom. The van der Waals surface area contributed by atoms with Crippen LogP contribution in [0.5, 0.6) is 5.75 Å². The molecule has 1 aliphatic rings. The van der Waals surface area contributed by atoms with Crippen molar-refractivity contribution in [1.29, 1.82) is 5.26 Å². The van der Waals surface area contributed by atoms with Crippen LogP contribution in [0.3, 0.4) is 0 Å². The fourth-order valence-electron chi connectivity index (χ4n) is 4.10. The fraction of sp³-hybridized carbons (Fsp3) is 0.385. The Labute approximate surface area is 193 Å². The molecule has 1 aliphatic carbocycles. The molecule has 7 heteroatoms. The minimum Gasteiger partial charge on any atom is -0.491 e. The lowest BCUT2D eigenvalue weighted by molar-refractivity contribution is 0.146. The summed E-state index contributed by atoms with van der Waals surface area (Å²) in [6.07, 6.45) is 3.65. The van der Waals surface area contributed by atoms with Gasteiger partial charge in [0.05, 0.1) is 30.0 Å². The summed E-state index contributed by atoms with van der Waals surface area (Å²) in [6.45, 7) is 3.32. The molecule has 1 saturated carbocycles. The molecule has 0 saturated heterocycles. The van der Waals surface area contributed by atoms with Gasteiger partial charge < -0.3 is 18.8 Å². The Bertz CT molecular complexity index is 1160. The summed E-state index contributed by atoms with van der Waals surface area (Å²) in [5.74, 6) is 0.763. The Hall–Kier alpha value is -3.50. The van der Waals surface area contributed by atoms with E-state index in [0.29, 0.717) is 37.1 Å². The highest BCUT2D eigenvalue weighted by Crippen LogP contribution is 2.43. The lowest BCUT2D eigenvalue weighted by Crippen LogP contribution is -2.18. The van der Waals surface area contributed by atoms with E-state index in [2.05, 4.69) is 16.0 Å². The maximum atomic E-state index is 11.9. The molecule has 0 bridgehead atoms. The van der Waals surface area contributed by atoms with Gasteiger partial charge in [-0.05, 0) is 55.5 Å². The molecule has 0 spiro atoms. The second kappa shape index (κ2) is 10.4. The molecular formula is C26H29N3O4. The number of amides is 1. The molecule has 1 aromatic heterocycles. The van der Waals surface area contributed by atoms with Gasteiger partial charge in [0, 0.05) is 30.3 Å². The third kappa shape index (κ3) is 4.81. The lowest BCUT2D eigenvalue weighted by atomic mass is 9.92. The third-order valence-electron chi connectivity index (χ3n) is 5.93. The molecule has 1 fully saturated rings. The van der Waals surface area contributed by atoms with E-state index in [1.54, 1.807) is 7.11 Å². The van der Waals surface area contributed by atoms with Crippen molar-refractivity contribution in [3.63, 3.8) is 0 Å². The van der Waals surface area contributed by atoms with Gasteiger partial charge in [-0.25, -0.2) is 4.79 Å². The van der Waals surface area contributed by atoms with Crippen LogP contribution in [-0.4, -0.2) is 37.6 Å². The number of ether oxygens (including phenoxy) is 3. The standard InChI is InChI=1S/C26H29N3O4/c1-3-13-33-26(30)28-19-9-7-18(8-10-19)25-23(17-27)22-12-11-21(32-15-14-31-2)16-24(22)29(25)20-5-4-6-20/h7-12,16,20H,3-6,13-15H2,1-2H3,(H,28,30). The van der Waals surface area contributed by atoms with Gasteiger partial charge >= 0.3 is 6.09 Å². The number of anilines is 1. The van der Waals surface area contributed by atoms with Crippen molar-refractivity contribution >= 4 is 22.7 Å². The van der Waals surface area contributed by atoms with Crippen LogP contribution in [0.2, 0.25) is 0 Å². The zero-order valence-electron chi connectivity index (χ0n) is 19.1. The van der Waals surface area contributed by atoms with Crippen LogP contribution >= 0.6 is 0 Å². The van der Waals surface area contributed by atoms with Crippen LogP contribution in [0.25, 0.3) is 22.2 Å². The molecule has 1 N–H and O–H groups in total. The molecule has 4 rings (SSSR count). The van der Waals surface area contributed by atoms with Crippen molar-refractivity contribution in [1.82, 2.24) is 4.57 Å². The van der Waals surface area contributed by atoms with E-state index in [1.165, 1.54) is 6.42 Å². The average Bonchev–Trinajstić information content (AvgIpc) is 3.10. The SMILES string of the molecule is CCCOC(=O)Nc1ccc(-c2c(C#N)c3ccc(OCCOC)cc3n2C2CCC2)cc1. The topological polar surface area (TPSA) is 85.5 Å². The van der Waals surface area contributed by atoms with Gasteiger partial charge in [0.15, 0.2) is 0 Å². The Morgan fingerprint density at radius 3 is 2.58 bits per heavy atom. The highest BCUT2D eigenvalue weighted by molar-refractivity contribution is 5.96. The summed E-state index contributed by atoms with van der Waals surface area (Å²) >= 11 is 0. The van der Waals surface area contributed by atoms with Crippen molar-refractivity contribution < 1.29 is 19.0 Å². The second-order valence-electron chi connectivity index (χ2n) is 8.15. The predicted molar refractivity (Wildman–Crippen MR) is 128 cm³/mol. The van der Waals surface area contributed by atoms with Gasteiger partial charge in [-0.15, -0.1) is 0 Å². The molecule has 3 aromatic rings. The number of carbonyl (C=O) groups excluding carboxylic acids is 1. The minimum atomic E-state index is -0.466. The summed E-state index contributed by atoms with van der Waals surface area (Å²) < 4.78 is 18.3. The smallest absolute Gasteiger partial charge is 0.411 e. The van der Waals surface area contributed by atoms with E-state index >= 15 is 0 Å². The van der Waals surface area contributed by atoms with Gasteiger partial charge in [-0.3, -0.25) is 5.32 Å². The van der Waals surface area contributed by atoms with Crippen LogP contribution in [-0.2, 0) is 9.47 Å². The molecule has 2 aromatic carbocycles. The molecule has 0 atom stereocenters. The molecule has 7 nitrogen and oxygen atoms in total. The van der Waals surface area contributed by atoms with E-state index in [4.69, 9.17) is 14.2 Å². The van der Waals surface area contributed by atoms with Crippen molar-refractivity contribution in [2.45, 2.75) is 38.6 Å². The molecule has 33 heavy (non-hydrogen) atoms. The number of nitrogens with zero attached hydrogens (tertiary/aromatic N) is 2. The third-order valence-corrected chi connectivity index (χ3v) is 5.93. The number of nitrogens with one attached hydrogen (secondary N) is 1. The number of aromatic nitrogens is 1. The molecular weight excluding hydrogens is 418 g/mol. The van der Waals surface area contributed by atoms with E-state index < -0.39 is 6.09 Å². The average molecular weight is 448 g/mol. The summed E-state index contributed by atoms with van der Waals surface area (Å²) in [4.78, 5) is 11.9. The number of hydrogen-bond acceptors (Lipinski definition) is 5. The first kappa shape index (κ1) is 22.7. The van der Waals surface area contributed by atoms with Gasteiger partial charge in [-0.2, -0.15) is 5.26 Å². The molecule has 0 radical (unpaired) electrons.